The topological polar surface area (TPSA) is 90.9 Å². The van der Waals surface area contributed by atoms with Gasteiger partial charge in [-0.25, -0.2) is 17.5 Å². The highest BCUT2D eigenvalue weighted by Crippen LogP contribution is 2.24. The van der Waals surface area contributed by atoms with Crippen LogP contribution in [0.25, 0.3) is 0 Å². The zero-order chi connectivity index (χ0) is 20.6. The van der Waals surface area contributed by atoms with E-state index in [1.165, 1.54) is 0 Å². The van der Waals surface area contributed by atoms with E-state index in [0.717, 1.165) is 11.8 Å². The third-order valence-corrected chi connectivity index (χ3v) is 5.51. The van der Waals surface area contributed by atoms with Gasteiger partial charge in [0.15, 0.2) is 0 Å². The molecule has 7 nitrogen and oxygen atoms in total. The van der Waals surface area contributed by atoms with Gasteiger partial charge < -0.3 is 10.6 Å². The molecule has 0 spiro atoms. The minimum Gasteiger partial charge on any atom is -0.355 e. The van der Waals surface area contributed by atoms with Crippen molar-refractivity contribution in [2.75, 3.05) is 11.3 Å². The Morgan fingerprint density at radius 3 is 2.56 bits per heavy atom. The number of rotatable bonds is 8. The number of nitrogens with one attached hydrogen (secondary N) is 2. The largest absolute Gasteiger partial charge is 0.355 e. The minimum atomic E-state index is -4.28. The highest BCUT2D eigenvalue weighted by Gasteiger charge is 2.33. The maximum absolute atomic E-state index is 13.1. The van der Waals surface area contributed by atoms with E-state index in [1.807, 2.05) is 25.1 Å². The smallest absolute Gasteiger partial charge is 0.332 e. The Kier molecular flexibility index (Phi) is 8.52. The zero-order valence-electron chi connectivity index (χ0n) is 15.9. The summed E-state index contributed by atoms with van der Waals surface area (Å²) < 4.78 is 26.7. The summed E-state index contributed by atoms with van der Waals surface area (Å²) in [7, 11) is -4.28. The Balaban J connectivity index is 3.33. The maximum atomic E-state index is 13.1. The molecule has 0 heterocycles. The minimum absolute atomic E-state index is 0.221. The van der Waals surface area contributed by atoms with Gasteiger partial charge in [0.1, 0.15) is 10.9 Å². The van der Waals surface area contributed by atoms with Crippen LogP contribution >= 0.6 is 11.6 Å². The molecule has 0 aliphatic rings. The number of carbonyl (C=O) groups is 1. The van der Waals surface area contributed by atoms with Crippen molar-refractivity contribution in [1.29, 1.82) is 0 Å². The first-order valence-corrected chi connectivity index (χ1v) is 10.2. The van der Waals surface area contributed by atoms with Crippen molar-refractivity contribution >= 4 is 40.1 Å². The number of sulfonamides is 1. The Hall–Kier alpha value is -2.32. The van der Waals surface area contributed by atoms with Crippen molar-refractivity contribution in [3.8, 4) is 0 Å². The Bertz CT molecular complexity index is 848. The van der Waals surface area contributed by atoms with Crippen molar-refractivity contribution in [2.24, 2.45) is 4.99 Å². The molecule has 0 atom stereocenters. The van der Waals surface area contributed by atoms with Gasteiger partial charge in [-0.2, -0.15) is 0 Å². The summed E-state index contributed by atoms with van der Waals surface area (Å²) in [6, 6.07) is 5.81. The van der Waals surface area contributed by atoms with Gasteiger partial charge in [-0.3, -0.25) is 4.99 Å². The molecule has 0 saturated heterocycles. The number of urea groups is 1. The number of benzene rings is 1. The van der Waals surface area contributed by atoms with Crippen LogP contribution in [0, 0.1) is 6.92 Å². The number of anilines is 1. The molecule has 2 amide bonds. The van der Waals surface area contributed by atoms with Gasteiger partial charge in [0.25, 0.3) is 10.0 Å². The Labute approximate surface area is 165 Å². The molecule has 0 radical (unpaired) electrons. The van der Waals surface area contributed by atoms with E-state index in [0.29, 0.717) is 9.99 Å². The standard InChI is InChI=1S/C18H25ClN4O3S/c1-6-16(22-15-9-7-8-14(4)10-15)17(11-20-5)27(25,26)23(12-19)18(24)21-13(2)3/h6-11,13,22H,5,12H2,1-4H3,(H,21,24)/b16-6+,17-11+. The van der Waals surface area contributed by atoms with Crippen LogP contribution in [0.15, 0.2) is 52.1 Å². The number of hydrogen-bond donors (Lipinski definition) is 2. The van der Waals surface area contributed by atoms with Gasteiger partial charge in [-0.05, 0) is 52.1 Å². The van der Waals surface area contributed by atoms with Crippen molar-refractivity contribution in [3.63, 3.8) is 0 Å². The predicted molar refractivity (Wildman–Crippen MR) is 111 cm³/mol. The Morgan fingerprint density at radius 2 is 2.07 bits per heavy atom. The summed E-state index contributed by atoms with van der Waals surface area (Å²) >= 11 is 5.78. The van der Waals surface area contributed by atoms with Crippen LogP contribution in [0.4, 0.5) is 10.5 Å². The third-order valence-electron chi connectivity index (χ3n) is 3.38. The molecule has 1 aromatic rings. The lowest BCUT2D eigenvalue weighted by molar-refractivity contribution is 0.224. The number of aryl methyl sites for hydroxylation is 1. The fraction of sp³-hybridized carbons (Fsp3) is 0.333. The van der Waals surface area contributed by atoms with Crippen LogP contribution in [0.3, 0.4) is 0 Å². The molecule has 148 valence electrons. The molecule has 0 fully saturated rings. The molecule has 2 N–H and O–H groups in total. The second-order valence-electron chi connectivity index (χ2n) is 5.95. The van der Waals surface area contributed by atoms with Crippen LogP contribution in [0.5, 0.6) is 0 Å². The predicted octanol–water partition coefficient (Wildman–Crippen LogP) is 3.80. The van der Waals surface area contributed by atoms with Crippen LogP contribution in [-0.4, -0.2) is 37.5 Å². The van der Waals surface area contributed by atoms with Crippen LogP contribution < -0.4 is 10.6 Å². The van der Waals surface area contributed by atoms with Crippen molar-refractivity contribution < 1.29 is 13.2 Å². The Morgan fingerprint density at radius 1 is 1.41 bits per heavy atom. The van der Waals surface area contributed by atoms with E-state index in [-0.39, 0.29) is 16.6 Å². The van der Waals surface area contributed by atoms with Crippen molar-refractivity contribution in [3.05, 3.63) is 52.7 Å². The molecule has 1 rings (SSSR count). The number of amides is 2. The van der Waals surface area contributed by atoms with E-state index >= 15 is 0 Å². The maximum Gasteiger partial charge on any atom is 0.332 e. The summed E-state index contributed by atoms with van der Waals surface area (Å²) in [5.74, 6) is 0. The van der Waals surface area contributed by atoms with Crippen LogP contribution in [0.1, 0.15) is 26.3 Å². The molecule has 1 aromatic carbocycles. The van der Waals surface area contributed by atoms with Gasteiger partial charge in [0.05, 0.1) is 5.70 Å². The fourth-order valence-electron chi connectivity index (χ4n) is 2.18. The summed E-state index contributed by atoms with van der Waals surface area (Å²) in [6.07, 6.45) is 2.65. The van der Waals surface area contributed by atoms with E-state index < -0.39 is 22.1 Å². The first-order chi connectivity index (χ1) is 12.7. The van der Waals surface area contributed by atoms with Gasteiger partial charge in [0.2, 0.25) is 0 Å². The first-order valence-electron chi connectivity index (χ1n) is 8.23. The van der Waals surface area contributed by atoms with Gasteiger partial charge in [-0.15, -0.1) is 11.6 Å². The number of nitrogens with zero attached hydrogens (tertiary/aromatic N) is 2. The molecule has 0 bridgehead atoms. The second kappa shape index (κ2) is 10.1. The molecular weight excluding hydrogens is 388 g/mol. The van der Waals surface area contributed by atoms with E-state index in [2.05, 4.69) is 22.3 Å². The number of alkyl halides is 1. The van der Waals surface area contributed by atoms with E-state index in [1.54, 1.807) is 32.9 Å². The normalized spacial score (nSPS) is 12.7. The molecular formula is C18H25ClN4O3S. The SMILES string of the molecule is C=N/C=C(\C(=C/C)Nc1cccc(C)c1)S(=O)(=O)N(CCl)C(=O)NC(C)C. The lowest BCUT2D eigenvalue weighted by Crippen LogP contribution is -2.46. The van der Waals surface area contributed by atoms with Gasteiger partial charge in [0, 0.05) is 17.9 Å². The second-order valence-corrected chi connectivity index (χ2v) is 8.02. The highest BCUT2D eigenvalue weighted by atomic mass is 35.5. The molecule has 9 heteroatoms. The van der Waals surface area contributed by atoms with Crippen molar-refractivity contribution in [1.82, 2.24) is 9.62 Å². The van der Waals surface area contributed by atoms with Crippen LogP contribution in [-0.2, 0) is 10.0 Å². The number of hydrogen-bond acceptors (Lipinski definition) is 5. The number of halogens is 1. The molecule has 0 saturated carbocycles. The average Bonchev–Trinajstić information content (AvgIpc) is 2.57. The average molecular weight is 413 g/mol. The van der Waals surface area contributed by atoms with E-state index in [4.69, 9.17) is 11.6 Å². The third kappa shape index (κ3) is 6.11. The summed E-state index contributed by atoms with van der Waals surface area (Å²) in [6.45, 7) is 10.4. The summed E-state index contributed by atoms with van der Waals surface area (Å²) in [5, 5.41) is 5.56. The summed E-state index contributed by atoms with van der Waals surface area (Å²) in [5.41, 5.74) is 1.95. The number of carbonyl (C=O) groups excluding carboxylic acids is 1. The van der Waals surface area contributed by atoms with E-state index in [9.17, 15) is 13.2 Å². The highest BCUT2D eigenvalue weighted by molar-refractivity contribution is 7.93. The van der Waals surface area contributed by atoms with Gasteiger partial charge >= 0.3 is 6.03 Å². The van der Waals surface area contributed by atoms with Crippen LogP contribution in [0.2, 0.25) is 0 Å². The lowest BCUT2D eigenvalue weighted by atomic mass is 10.2. The molecule has 27 heavy (non-hydrogen) atoms. The molecule has 0 aromatic heterocycles. The number of aliphatic imine (C=N–C) groups is 1. The monoisotopic (exact) mass is 412 g/mol. The number of allylic oxidation sites excluding steroid dienone is 1. The first kappa shape index (κ1) is 22.7. The van der Waals surface area contributed by atoms with Crippen molar-refractivity contribution in [2.45, 2.75) is 33.7 Å². The van der Waals surface area contributed by atoms with Gasteiger partial charge in [-0.1, -0.05) is 18.2 Å². The fourth-order valence-corrected chi connectivity index (χ4v) is 3.96. The molecule has 0 unspecified atom stereocenters. The quantitative estimate of drug-likeness (QED) is 0.294. The summed E-state index contributed by atoms with van der Waals surface area (Å²) in [4.78, 5) is 15.7. The zero-order valence-corrected chi connectivity index (χ0v) is 17.4. The molecule has 0 aliphatic heterocycles. The lowest BCUT2D eigenvalue weighted by Gasteiger charge is -2.24. The molecule has 0 aliphatic carbocycles.